The second-order valence-corrected chi connectivity index (χ2v) is 8.11. The van der Waals surface area contributed by atoms with E-state index in [1.807, 2.05) is 0 Å². The molecule has 1 aliphatic rings. The molecule has 0 aliphatic carbocycles. The van der Waals surface area contributed by atoms with E-state index in [-0.39, 0.29) is 10.6 Å². The first-order valence-electron chi connectivity index (χ1n) is 9.64. The Morgan fingerprint density at radius 2 is 1.97 bits per heavy atom. The first-order chi connectivity index (χ1) is 15.2. The lowest BCUT2D eigenvalue weighted by Gasteiger charge is -2.26. The molecule has 0 bridgehead atoms. The number of ether oxygens (including phenoxy) is 2. The molecule has 170 valence electrons. The molecule has 0 atom stereocenters. The van der Waals surface area contributed by atoms with Gasteiger partial charge < -0.3 is 14.8 Å². The molecule has 1 aliphatic heterocycles. The Balaban J connectivity index is 1.55. The van der Waals surface area contributed by atoms with Crippen LogP contribution in [0.3, 0.4) is 0 Å². The Kier molecular flexibility index (Phi) is 8.43. The monoisotopic (exact) mass is 530 g/mol. The summed E-state index contributed by atoms with van der Waals surface area (Å²) in [4.78, 5) is 14.4. The first-order valence-corrected chi connectivity index (χ1v) is 10.8. The average Bonchev–Trinajstić information content (AvgIpc) is 2.74. The quantitative estimate of drug-likeness (QED) is 0.562. The summed E-state index contributed by atoms with van der Waals surface area (Å²) in [6.45, 7) is 4.53. The molecule has 0 aromatic heterocycles. The van der Waals surface area contributed by atoms with E-state index in [4.69, 9.17) is 21.1 Å². The third-order valence-electron chi connectivity index (χ3n) is 4.57. The van der Waals surface area contributed by atoms with Gasteiger partial charge in [0.15, 0.2) is 0 Å². The summed E-state index contributed by atoms with van der Waals surface area (Å²) < 4.78 is 49.8. The number of amides is 1. The highest BCUT2D eigenvalue weighted by Crippen LogP contribution is 2.32. The maximum atomic E-state index is 12.7. The van der Waals surface area contributed by atoms with Crippen LogP contribution < -0.4 is 10.1 Å². The molecular weight excluding hydrogens is 513 g/mol. The zero-order valence-corrected chi connectivity index (χ0v) is 19.1. The summed E-state index contributed by atoms with van der Waals surface area (Å²) in [6, 6.07) is 7.83. The van der Waals surface area contributed by atoms with E-state index in [0.29, 0.717) is 22.5 Å². The van der Waals surface area contributed by atoms with E-state index in [9.17, 15) is 18.0 Å². The summed E-state index contributed by atoms with van der Waals surface area (Å²) in [5.41, 5.74) is -0.273. The largest absolute Gasteiger partial charge is 0.491 e. The number of hydrogen-bond donors (Lipinski definition) is 1. The van der Waals surface area contributed by atoms with Gasteiger partial charge in [0, 0.05) is 36.8 Å². The Bertz CT molecular complexity index is 1030. The summed E-state index contributed by atoms with van der Waals surface area (Å²) >= 11 is 9.26. The third-order valence-corrected chi connectivity index (χ3v) is 5.50. The number of rotatable bonds is 5. The number of morpholine rings is 1. The lowest BCUT2D eigenvalue weighted by Crippen LogP contribution is -2.38. The fourth-order valence-corrected chi connectivity index (χ4v) is 3.61. The number of carbonyl (C=O) groups excluding carboxylic acids is 1. The van der Waals surface area contributed by atoms with Gasteiger partial charge in [-0.25, -0.2) is 0 Å². The molecule has 0 unspecified atom stereocenters. The molecule has 2 aromatic rings. The highest BCUT2D eigenvalue weighted by atomic mass is 79.9. The van der Waals surface area contributed by atoms with E-state index in [2.05, 4.69) is 38.0 Å². The van der Waals surface area contributed by atoms with Crippen LogP contribution in [0.5, 0.6) is 5.75 Å². The minimum absolute atomic E-state index is 0.125. The van der Waals surface area contributed by atoms with Gasteiger partial charge in [-0.3, -0.25) is 9.69 Å². The molecule has 2 aromatic carbocycles. The van der Waals surface area contributed by atoms with E-state index < -0.39 is 17.6 Å². The zero-order valence-electron chi connectivity index (χ0n) is 16.8. The predicted molar refractivity (Wildman–Crippen MR) is 119 cm³/mol. The van der Waals surface area contributed by atoms with Crippen molar-refractivity contribution in [2.45, 2.75) is 6.18 Å². The van der Waals surface area contributed by atoms with Crippen LogP contribution >= 0.6 is 27.5 Å². The van der Waals surface area contributed by atoms with Crippen LogP contribution in [0, 0.1) is 11.8 Å². The van der Waals surface area contributed by atoms with Crippen molar-refractivity contribution in [1.29, 1.82) is 0 Å². The van der Waals surface area contributed by atoms with E-state index in [1.54, 1.807) is 18.2 Å². The van der Waals surface area contributed by atoms with Crippen LogP contribution in [0.25, 0.3) is 0 Å². The van der Waals surface area contributed by atoms with Gasteiger partial charge in [0.2, 0.25) is 0 Å². The summed E-state index contributed by atoms with van der Waals surface area (Å²) in [5.74, 6) is 4.82. The molecule has 10 heteroatoms. The maximum Gasteiger partial charge on any atom is 0.416 e. The molecule has 0 radical (unpaired) electrons. The number of nitrogens with one attached hydrogen (secondary N) is 1. The van der Waals surface area contributed by atoms with Crippen molar-refractivity contribution < 1.29 is 27.4 Å². The number of hydrogen-bond acceptors (Lipinski definition) is 4. The second-order valence-electron chi connectivity index (χ2n) is 6.84. The van der Waals surface area contributed by atoms with Gasteiger partial charge >= 0.3 is 12.1 Å². The van der Waals surface area contributed by atoms with Crippen molar-refractivity contribution in [2.75, 3.05) is 44.8 Å². The molecule has 1 amide bonds. The highest BCUT2D eigenvalue weighted by Gasteiger charge is 2.30. The zero-order chi connectivity index (χ0) is 23.1. The molecule has 3 rings (SSSR count). The minimum Gasteiger partial charge on any atom is -0.491 e. The Labute approximate surface area is 196 Å². The van der Waals surface area contributed by atoms with Crippen LogP contribution in [0.2, 0.25) is 5.02 Å². The van der Waals surface area contributed by atoms with Gasteiger partial charge in [-0.15, -0.1) is 0 Å². The molecule has 1 N–H and O–H groups in total. The van der Waals surface area contributed by atoms with Gasteiger partial charge in [0.05, 0.1) is 28.3 Å². The molecule has 0 saturated carbocycles. The third kappa shape index (κ3) is 7.14. The minimum atomic E-state index is -4.50. The first kappa shape index (κ1) is 24.4. The fraction of sp³-hybridized carbons (Fsp3) is 0.318. The molecule has 32 heavy (non-hydrogen) atoms. The number of anilines is 1. The van der Waals surface area contributed by atoms with Gasteiger partial charge in [0.25, 0.3) is 0 Å². The summed E-state index contributed by atoms with van der Waals surface area (Å²) in [5, 5.41) is 2.42. The molecule has 1 heterocycles. The van der Waals surface area contributed by atoms with Crippen molar-refractivity contribution in [1.82, 2.24) is 4.90 Å². The Hall–Kier alpha value is -2.25. The number of nitrogens with zero attached hydrogens (tertiary/aromatic N) is 1. The SMILES string of the molecule is O=C(C#Cc1ccc(C(F)(F)F)cc1Cl)Nc1ccc(OCCN2CCOCC2)c(Br)c1. The summed E-state index contributed by atoms with van der Waals surface area (Å²) in [7, 11) is 0. The molecular formula is C22H19BrClF3N2O3. The van der Waals surface area contributed by atoms with Crippen LogP contribution in [-0.2, 0) is 15.7 Å². The smallest absolute Gasteiger partial charge is 0.416 e. The lowest BCUT2D eigenvalue weighted by atomic mass is 10.1. The topological polar surface area (TPSA) is 50.8 Å². The predicted octanol–water partition coefficient (Wildman–Crippen LogP) is 4.82. The Morgan fingerprint density at radius 3 is 2.62 bits per heavy atom. The number of benzene rings is 2. The van der Waals surface area contributed by atoms with Gasteiger partial charge in [-0.05, 0) is 52.3 Å². The number of carbonyl (C=O) groups is 1. The van der Waals surface area contributed by atoms with Gasteiger partial charge in [0.1, 0.15) is 12.4 Å². The highest BCUT2D eigenvalue weighted by molar-refractivity contribution is 9.10. The van der Waals surface area contributed by atoms with Gasteiger partial charge in [-0.1, -0.05) is 17.5 Å². The number of halogens is 5. The normalized spacial score (nSPS) is 14.4. The van der Waals surface area contributed by atoms with Crippen molar-refractivity contribution >= 4 is 39.1 Å². The maximum absolute atomic E-state index is 12.7. The van der Waals surface area contributed by atoms with Crippen LogP contribution in [0.1, 0.15) is 11.1 Å². The number of alkyl halides is 3. The van der Waals surface area contributed by atoms with Crippen molar-refractivity contribution in [2.24, 2.45) is 0 Å². The fourth-order valence-electron chi connectivity index (χ4n) is 2.88. The molecule has 0 spiro atoms. The van der Waals surface area contributed by atoms with Crippen molar-refractivity contribution in [3.63, 3.8) is 0 Å². The van der Waals surface area contributed by atoms with Crippen molar-refractivity contribution in [3.8, 4) is 17.6 Å². The lowest BCUT2D eigenvalue weighted by molar-refractivity contribution is -0.137. The van der Waals surface area contributed by atoms with Crippen LogP contribution in [0.15, 0.2) is 40.9 Å². The standard InChI is InChI=1S/C22H19BrClF3N2O3/c23-18-14-17(4-5-20(18)32-12-9-29-7-10-31-11-8-29)28-21(30)6-2-15-1-3-16(13-19(15)24)22(25,26)27/h1,3-5,13-14H,7-12H2,(H,28,30). The van der Waals surface area contributed by atoms with E-state index >= 15 is 0 Å². The van der Waals surface area contributed by atoms with E-state index in [1.165, 1.54) is 0 Å². The average molecular weight is 532 g/mol. The summed E-state index contributed by atoms with van der Waals surface area (Å²) in [6.07, 6.45) is -4.50. The molecule has 1 fully saturated rings. The van der Waals surface area contributed by atoms with Crippen LogP contribution in [-0.4, -0.2) is 50.3 Å². The van der Waals surface area contributed by atoms with E-state index in [0.717, 1.165) is 51.0 Å². The van der Waals surface area contributed by atoms with Crippen molar-refractivity contribution in [3.05, 3.63) is 57.0 Å². The molecule has 1 saturated heterocycles. The van der Waals surface area contributed by atoms with Gasteiger partial charge in [-0.2, -0.15) is 13.2 Å². The molecule has 5 nitrogen and oxygen atoms in total. The Morgan fingerprint density at radius 1 is 1.22 bits per heavy atom. The van der Waals surface area contributed by atoms with Crippen LogP contribution in [0.4, 0.5) is 18.9 Å². The second kappa shape index (κ2) is 11.1.